The normalized spacial score (nSPS) is 10.3. The lowest BCUT2D eigenvalue weighted by atomic mass is 10.2. The Hall–Kier alpha value is -3.59. The molecule has 0 fully saturated rings. The Balaban J connectivity index is 1.61. The van der Waals surface area contributed by atoms with Gasteiger partial charge in [0.05, 0.1) is 21.3 Å². The smallest absolute Gasteiger partial charge is 0.348 e. The second-order valence-electron chi connectivity index (χ2n) is 6.21. The number of thiophene rings is 1. The van der Waals surface area contributed by atoms with Crippen molar-refractivity contribution in [1.82, 2.24) is 0 Å². The summed E-state index contributed by atoms with van der Waals surface area (Å²) in [6, 6.07) is 12.4. The monoisotopic (exact) mass is 445 g/mol. The SMILES string of the molecule is COc1cc(NC(=O)COC(=O)c2ccc(-c3ccc(F)cc3)s2)cc(OC)c1OC. The number of methoxy groups -OCH3 is 3. The highest BCUT2D eigenvalue weighted by Crippen LogP contribution is 2.39. The molecule has 0 unspecified atom stereocenters. The van der Waals surface area contributed by atoms with Gasteiger partial charge < -0.3 is 24.3 Å². The van der Waals surface area contributed by atoms with Gasteiger partial charge in [0.15, 0.2) is 18.1 Å². The molecule has 3 rings (SSSR count). The molecular weight excluding hydrogens is 425 g/mol. The van der Waals surface area contributed by atoms with E-state index in [1.54, 1.807) is 36.4 Å². The minimum absolute atomic E-state index is 0.333. The lowest BCUT2D eigenvalue weighted by Gasteiger charge is -2.14. The molecule has 7 nitrogen and oxygen atoms in total. The van der Waals surface area contributed by atoms with E-state index in [2.05, 4.69) is 5.32 Å². The van der Waals surface area contributed by atoms with Crippen LogP contribution in [0.5, 0.6) is 17.2 Å². The summed E-state index contributed by atoms with van der Waals surface area (Å²) in [4.78, 5) is 25.6. The fraction of sp³-hybridized carbons (Fsp3) is 0.182. The summed E-state index contributed by atoms with van der Waals surface area (Å²) >= 11 is 1.19. The molecule has 9 heteroatoms. The summed E-state index contributed by atoms with van der Waals surface area (Å²) in [5.41, 5.74) is 1.18. The minimum Gasteiger partial charge on any atom is -0.493 e. The zero-order valence-electron chi connectivity index (χ0n) is 17.1. The fourth-order valence-electron chi connectivity index (χ4n) is 2.77. The molecule has 0 saturated carbocycles. The number of hydrogen-bond donors (Lipinski definition) is 1. The quantitative estimate of drug-likeness (QED) is 0.519. The van der Waals surface area contributed by atoms with Gasteiger partial charge in [0.1, 0.15) is 10.7 Å². The summed E-state index contributed by atoms with van der Waals surface area (Å²) in [5, 5.41) is 2.62. The van der Waals surface area contributed by atoms with Crippen molar-refractivity contribution in [2.45, 2.75) is 0 Å². The average Bonchev–Trinajstić information content (AvgIpc) is 3.27. The molecule has 1 heterocycles. The van der Waals surface area contributed by atoms with Crippen molar-refractivity contribution in [2.24, 2.45) is 0 Å². The number of carbonyl (C=O) groups is 2. The fourth-order valence-corrected chi connectivity index (χ4v) is 3.67. The van der Waals surface area contributed by atoms with Crippen LogP contribution in [0.25, 0.3) is 10.4 Å². The summed E-state index contributed by atoms with van der Waals surface area (Å²) in [7, 11) is 4.40. The molecule has 0 saturated heterocycles. The molecule has 0 atom stereocenters. The first-order chi connectivity index (χ1) is 14.9. The van der Waals surface area contributed by atoms with Crippen LogP contribution in [0.3, 0.4) is 0 Å². The molecule has 0 bridgehead atoms. The molecule has 3 aromatic rings. The molecule has 1 N–H and O–H groups in total. The van der Waals surface area contributed by atoms with Crippen molar-refractivity contribution >= 4 is 28.9 Å². The van der Waals surface area contributed by atoms with Crippen LogP contribution in [0.2, 0.25) is 0 Å². The minimum atomic E-state index is -0.626. The first-order valence-corrected chi connectivity index (χ1v) is 9.89. The molecule has 162 valence electrons. The molecule has 0 aliphatic heterocycles. The average molecular weight is 445 g/mol. The van der Waals surface area contributed by atoms with Gasteiger partial charge in [-0.25, -0.2) is 9.18 Å². The van der Waals surface area contributed by atoms with Gasteiger partial charge in [-0.3, -0.25) is 4.79 Å². The number of esters is 1. The third kappa shape index (κ3) is 5.32. The zero-order chi connectivity index (χ0) is 22.4. The number of anilines is 1. The topological polar surface area (TPSA) is 83.1 Å². The van der Waals surface area contributed by atoms with E-state index in [0.717, 1.165) is 10.4 Å². The number of rotatable bonds is 8. The Morgan fingerprint density at radius 1 is 0.935 bits per heavy atom. The lowest BCUT2D eigenvalue weighted by molar-refractivity contribution is -0.119. The molecule has 0 spiro atoms. The highest BCUT2D eigenvalue weighted by molar-refractivity contribution is 7.17. The van der Waals surface area contributed by atoms with Crippen LogP contribution in [0.15, 0.2) is 48.5 Å². The Bertz CT molecular complexity index is 1050. The van der Waals surface area contributed by atoms with E-state index >= 15 is 0 Å². The highest BCUT2D eigenvalue weighted by Gasteiger charge is 2.17. The van der Waals surface area contributed by atoms with Crippen molar-refractivity contribution in [3.63, 3.8) is 0 Å². The van der Waals surface area contributed by atoms with Crippen LogP contribution >= 0.6 is 11.3 Å². The molecule has 1 aromatic heterocycles. The predicted molar refractivity (Wildman–Crippen MR) is 115 cm³/mol. The van der Waals surface area contributed by atoms with E-state index in [0.29, 0.717) is 27.8 Å². The maximum atomic E-state index is 13.1. The summed E-state index contributed by atoms with van der Waals surface area (Å²) < 4.78 is 33.9. The Kier molecular flexibility index (Phi) is 7.09. The van der Waals surface area contributed by atoms with E-state index in [-0.39, 0.29) is 5.82 Å². The van der Waals surface area contributed by atoms with Gasteiger partial charge in [0, 0.05) is 22.7 Å². The van der Waals surface area contributed by atoms with Crippen molar-refractivity contribution in [2.75, 3.05) is 33.3 Å². The van der Waals surface area contributed by atoms with Gasteiger partial charge in [0.25, 0.3) is 5.91 Å². The van der Waals surface area contributed by atoms with Crippen LogP contribution in [0.4, 0.5) is 10.1 Å². The Morgan fingerprint density at radius 3 is 2.16 bits per heavy atom. The van der Waals surface area contributed by atoms with Gasteiger partial charge in [-0.2, -0.15) is 0 Å². The molecular formula is C22H20FNO6S. The Labute approximate surface area is 182 Å². The number of carbonyl (C=O) groups excluding carboxylic acids is 2. The second kappa shape index (κ2) is 9.94. The number of benzene rings is 2. The van der Waals surface area contributed by atoms with Gasteiger partial charge in [-0.15, -0.1) is 11.3 Å². The lowest BCUT2D eigenvalue weighted by Crippen LogP contribution is -2.20. The summed E-state index contributed by atoms with van der Waals surface area (Å²) in [6.45, 7) is -0.473. The van der Waals surface area contributed by atoms with E-state index in [9.17, 15) is 14.0 Å². The molecule has 31 heavy (non-hydrogen) atoms. The number of nitrogens with one attached hydrogen (secondary N) is 1. The molecule has 2 aromatic carbocycles. The third-order valence-corrected chi connectivity index (χ3v) is 5.33. The number of amides is 1. The number of halogens is 1. The van der Waals surface area contributed by atoms with E-state index in [4.69, 9.17) is 18.9 Å². The van der Waals surface area contributed by atoms with Crippen LogP contribution < -0.4 is 19.5 Å². The number of hydrogen-bond acceptors (Lipinski definition) is 7. The Morgan fingerprint density at radius 2 is 1.58 bits per heavy atom. The first-order valence-electron chi connectivity index (χ1n) is 9.08. The van der Waals surface area contributed by atoms with Crippen LogP contribution in [0.1, 0.15) is 9.67 Å². The van der Waals surface area contributed by atoms with Crippen molar-refractivity contribution in [3.8, 4) is 27.7 Å². The first kappa shape index (κ1) is 22.1. The summed E-state index contributed by atoms with van der Waals surface area (Å²) in [5.74, 6) is -0.347. The summed E-state index contributed by atoms with van der Waals surface area (Å²) in [6.07, 6.45) is 0. The van der Waals surface area contributed by atoms with Crippen molar-refractivity contribution in [1.29, 1.82) is 0 Å². The van der Waals surface area contributed by atoms with Crippen molar-refractivity contribution < 1.29 is 32.9 Å². The predicted octanol–water partition coefficient (Wildman–Crippen LogP) is 4.38. The molecule has 1 amide bonds. The molecule has 0 aliphatic rings. The standard InChI is InChI=1S/C22H20FNO6S/c1-27-16-10-15(11-17(28-2)21(16)29-3)24-20(25)12-30-22(26)19-9-8-18(31-19)13-4-6-14(23)7-5-13/h4-11H,12H2,1-3H3,(H,24,25). The van der Waals surface area contributed by atoms with Gasteiger partial charge in [0.2, 0.25) is 5.75 Å². The number of ether oxygens (including phenoxy) is 4. The van der Waals surface area contributed by atoms with E-state index < -0.39 is 18.5 Å². The van der Waals surface area contributed by atoms with Crippen LogP contribution in [-0.4, -0.2) is 39.8 Å². The van der Waals surface area contributed by atoms with Gasteiger partial charge in [-0.05, 0) is 29.8 Å². The van der Waals surface area contributed by atoms with Gasteiger partial charge >= 0.3 is 5.97 Å². The third-order valence-electron chi connectivity index (χ3n) is 4.22. The van der Waals surface area contributed by atoms with Gasteiger partial charge in [-0.1, -0.05) is 12.1 Å². The second-order valence-corrected chi connectivity index (χ2v) is 7.29. The largest absolute Gasteiger partial charge is 0.493 e. The maximum Gasteiger partial charge on any atom is 0.348 e. The van der Waals surface area contributed by atoms with E-state index in [1.165, 1.54) is 44.8 Å². The maximum absolute atomic E-state index is 13.1. The van der Waals surface area contributed by atoms with E-state index in [1.807, 2.05) is 0 Å². The highest BCUT2D eigenvalue weighted by atomic mass is 32.1. The van der Waals surface area contributed by atoms with Crippen molar-refractivity contribution in [3.05, 3.63) is 59.2 Å². The molecule has 0 radical (unpaired) electrons. The zero-order valence-corrected chi connectivity index (χ0v) is 17.9. The van der Waals surface area contributed by atoms with Crippen LogP contribution in [-0.2, 0) is 9.53 Å². The van der Waals surface area contributed by atoms with Crippen LogP contribution in [0, 0.1) is 5.82 Å². The molecule has 0 aliphatic carbocycles.